The van der Waals surface area contributed by atoms with Gasteiger partial charge in [-0.3, -0.25) is 4.79 Å². The van der Waals surface area contributed by atoms with Gasteiger partial charge >= 0.3 is 0 Å². The minimum absolute atomic E-state index is 0.00983. The second-order valence-electron chi connectivity index (χ2n) is 6.47. The Kier molecular flexibility index (Phi) is 5.95. The van der Waals surface area contributed by atoms with Gasteiger partial charge in [0.15, 0.2) is 17.1 Å². The molecule has 0 aliphatic heterocycles. The van der Waals surface area contributed by atoms with Crippen molar-refractivity contribution in [2.24, 2.45) is 5.10 Å². The number of rotatable bonds is 6. The van der Waals surface area contributed by atoms with Crippen LogP contribution in [0.5, 0.6) is 11.5 Å². The van der Waals surface area contributed by atoms with Crippen LogP contribution in [0.15, 0.2) is 84.0 Å². The molecule has 0 aromatic heterocycles. The van der Waals surface area contributed by atoms with Gasteiger partial charge in [-0.25, -0.2) is 5.43 Å². The van der Waals surface area contributed by atoms with E-state index in [9.17, 15) is 15.0 Å². The lowest BCUT2D eigenvalue weighted by Crippen LogP contribution is -2.43. The third-order valence-electron chi connectivity index (χ3n) is 4.63. The Morgan fingerprint density at radius 1 is 0.966 bits per heavy atom. The summed E-state index contributed by atoms with van der Waals surface area (Å²) in [5.41, 5.74) is 2.57. The summed E-state index contributed by atoms with van der Waals surface area (Å²) >= 11 is 0. The highest BCUT2D eigenvalue weighted by molar-refractivity contribution is 6.00. The van der Waals surface area contributed by atoms with Crippen molar-refractivity contribution in [1.29, 1.82) is 0 Å². The van der Waals surface area contributed by atoms with Crippen molar-refractivity contribution >= 4 is 11.6 Å². The number of nitrogens with zero attached hydrogens (tertiary/aromatic N) is 1. The van der Waals surface area contributed by atoms with E-state index in [1.165, 1.54) is 13.2 Å². The smallest absolute Gasteiger partial charge is 0.281 e. The Balaban J connectivity index is 1.92. The van der Waals surface area contributed by atoms with E-state index in [0.717, 1.165) is 0 Å². The van der Waals surface area contributed by atoms with E-state index in [1.54, 1.807) is 67.6 Å². The van der Waals surface area contributed by atoms with Gasteiger partial charge in [-0.15, -0.1) is 0 Å². The molecule has 6 nitrogen and oxygen atoms in total. The van der Waals surface area contributed by atoms with Crippen LogP contribution in [0.3, 0.4) is 0 Å². The van der Waals surface area contributed by atoms with Gasteiger partial charge in [0.1, 0.15) is 0 Å². The largest absolute Gasteiger partial charge is 0.504 e. The van der Waals surface area contributed by atoms with Crippen LogP contribution in [-0.4, -0.2) is 28.9 Å². The van der Waals surface area contributed by atoms with Crippen LogP contribution in [-0.2, 0) is 10.4 Å². The minimum atomic E-state index is -1.90. The number of phenolic OH excluding ortho intramolecular Hbond substituents is 1. The number of aromatic hydroxyl groups is 1. The SMILES string of the molecule is COc1cc(C(C)=NNC(=O)C(O)(c2ccccc2)c2ccccc2)ccc1O. The second-order valence-corrected chi connectivity index (χ2v) is 6.47. The number of phenols is 1. The van der Waals surface area contributed by atoms with Crippen molar-refractivity contribution in [2.75, 3.05) is 7.11 Å². The van der Waals surface area contributed by atoms with E-state index in [0.29, 0.717) is 28.2 Å². The molecule has 1 amide bonds. The van der Waals surface area contributed by atoms with Crippen LogP contribution in [0.1, 0.15) is 23.6 Å². The lowest BCUT2D eigenvalue weighted by atomic mass is 9.85. The Labute approximate surface area is 169 Å². The van der Waals surface area contributed by atoms with E-state index < -0.39 is 11.5 Å². The molecule has 0 aliphatic carbocycles. The zero-order valence-electron chi connectivity index (χ0n) is 16.2. The van der Waals surface area contributed by atoms with Gasteiger partial charge in [0.05, 0.1) is 12.8 Å². The Bertz CT molecular complexity index is 978. The number of ether oxygens (including phenoxy) is 1. The number of nitrogens with one attached hydrogen (secondary N) is 1. The van der Waals surface area contributed by atoms with Gasteiger partial charge < -0.3 is 14.9 Å². The fraction of sp³-hybridized carbons (Fsp3) is 0.130. The van der Waals surface area contributed by atoms with Gasteiger partial charge in [0, 0.05) is 5.56 Å². The van der Waals surface area contributed by atoms with Crippen LogP contribution in [0.2, 0.25) is 0 Å². The predicted molar refractivity (Wildman–Crippen MR) is 111 cm³/mol. The maximum atomic E-state index is 13.0. The number of carbonyl (C=O) groups is 1. The molecule has 0 bridgehead atoms. The number of carbonyl (C=O) groups excluding carboxylic acids is 1. The second kappa shape index (κ2) is 8.58. The lowest BCUT2D eigenvalue weighted by Gasteiger charge is -2.27. The Hall–Kier alpha value is -3.64. The molecular formula is C23H22N2O4. The highest BCUT2D eigenvalue weighted by atomic mass is 16.5. The maximum absolute atomic E-state index is 13.0. The standard InChI is InChI=1S/C23H22N2O4/c1-16(17-13-14-20(26)21(15-17)29-2)24-25-22(27)23(28,18-9-5-3-6-10-18)19-11-7-4-8-12-19/h3-15,26,28H,1-2H3,(H,25,27). The number of hydrogen-bond acceptors (Lipinski definition) is 5. The van der Waals surface area contributed by atoms with Crippen LogP contribution in [0.4, 0.5) is 0 Å². The van der Waals surface area contributed by atoms with Crippen LogP contribution in [0.25, 0.3) is 0 Å². The molecule has 0 saturated carbocycles. The van der Waals surface area contributed by atoms with Crippen molar-refractivity contribution in [3.05, 3.63) is 95.6 Å². The molecule has 3 aromatic carbocycles. The molecule has 0 aliphatic rings. The molecule has 0 spiro atoms. The van der Waals surface area contributed by atoms with Gasteiger partial charge in [0.2, 0.25) is 0 Å². The average molecular weight is 390 g/mol. The summed E-state index contributed by atoms with van der Waals surface area (Å²) < 4.78 is 5.10. The molecule has 0 unspecified atom stereocenters. The van der Waals surface area contributed by atoms with Gasteiger partial charge in [-0.05, 0) is 36.2 Å². The topological polar surface area (TPSA) is 91.2 Å². The number of aliphatic hydroxyl groups is 1. The first-order chi connectivity index (χ1) is 14.0. The quantitative estimate of drug-likeness (QED) is 0.445. The molecule has 0 radical (unpaired) electrons. The average Bonchev–Trinajstić information content (AvgIpc) is 2.78. The molecule has 29 heavy (non-hydrogen) atoms. The van der Waals surface area contributed by atoms with Gasteiger partial charge in [0.25, 0.3) is 5.91 Å². The van der Waals surface area contributed by atoms with E-state index >= 15 is 0 Å². The summed E-state index contributed by atoms with van der Waals surface area (Å²) in [7, 11) is 1.45. The summed E-state index contributed by atoms with van der Waals surface area (Å²) in [6.07, 6.45) is 0. The first-order valence-electron chi connectivity index (χ1n) is 9.02. The molecule has 0 saturated heterocycles. The first-order valence-corrected chi connectivity index (χ1v) is 9.02. The normalized spacial score (nSPS) is 11.8. The molecule has 0 atom stereocenters. The molecule has 148 valence electrons. The molecule has 0 fully saturated rings. The van der Waals surface area contributed by atoms with Crippen molar-refractivity contribution in [3.8, 4) is 11.5 Å². The number of hydrogen-bond donors (Lipinski definition) is 3. The zero-order valence-corrected chi connectivity index (χ0v) is 16.2. The summed E-state index contributed by atoms with van der Waals surface area (Å²) in [6.45, 7) is 1.70. The van der Waals surface area contributed by atoms with Gasteiger partial charge in [-0.1, -0.05) is 60.7 Å². The van der Waals surface area contributed by atoms with Crippen molar-refractivity contribution in [1.82, 2.24) is 5.43 Å². The molecule has 3 aromatic rings. The lowest BCUT2D eigenvalue weighted by molar-refractivity contribution is -0.136. The fourth-order valence-electron chi connectivity index (χ4n) is 2.97. The van der Waals surface area contributed by atoms with Crippen molar-refractivity contribution in [3.63, 3.8) is 0 Å². The monoisotopic (exact) mass is 390 g/mol. The zero-order chi connectivity index (χ0) is 20.9. The third-order valence-corrected chi connectivity index (χ3v) is 4.63. The van der Waals surface area contributed by atoms with Crippen molar-refractivity contribution < 1.29 is 19.7 Å². The molecule has 3 rings (SSSR count). The minimum Gasteiger partial charge on any atom is -0.504 e. The predicted octanol–water partition coefficient (Wildman–Crippen LogP) is 3.18. The Morgan fingerprint density at radius 2 is 1.52 bits per heavy atom. The first kappa shape index (κ1) is 20.1. The van der Waals surface area contributed by atoms with Crippen molar-refractivity contribution in [2.45, 2.75) is 12.5 Å². The van der Waals surface area contributed by atoms with Crippen LogP contribution >= 0.6 is 0 Å². The highest BCUT2D eigenvalue weighted by Gasteiger charge is 2.39. The van der Waals surface area contributed by atoms with E-state index in [-0.39, 0.29) is 5.75 Å². The number of methoxy groups -OCH3 is 1. The highest BCUT2D eigenvalue weighted by Crippen LogP contribution is 2.30. The molecule has 6 heteroatoms. The van der Waals surface area contributed by atoms with E-state index in [4.69, 9.17) is 4.74 Å². The van der Waals surface area contributed by atoms with E-state index in [2.05, 4.69) is 10.5 Å². The fourth-order valence-corrected chi connectivity index (χ4v) is 2.97. The van der Waals surface area contributed by atoms with Gasteiger partial charge in [-0.2, -0.15) is 5.10 Å². The van der Waals surface area contributed by atoms with E-state index in [1.807, 2.05) is 12.1 Å². The number of hydrazone groups is 1. The summed E-state index contributed by atoms with van der Waals surface area (Å²) in [6, 6.07) is 22.2. The molecule has 3 N–H and O–H groups in total. The van der Waals surface area contributed by atoms with Crippen LogP contribution < -0.4 is 10.2 Å². The maximum Gasteiger partial charge on any atom is 0.281 e. The number of amides is 1. The Morgan fingerprint density at radius 3 is 2.03 bits per heavy atom. The van der Waals surface area contributed by atoms with Crippen LogP contribution in [0, 0.1) is 0 Å². The number of benzene rings is 3. The summed E-state index contributed by atoms with van der Waals surface area (Å²) in [5, 5.41) is 25.3. The summed E-state index contributed by atoms with van der Waals surface area (Å²) in [4.78, 5) is 13.0. The summed E-state index contributed by atoms with van der Waals surface area (Å²) in [5.74, 6) is -0.371. The molecular weight excluding hydrogens is 368 g/mol. The molecule has 0 heterocycles. The third kappa shape index (κ3) is 4.12.